The quantitative estimate of drug-likeness (QED) is 0.502. The molecule has 3 N–H and O–H groups in total. The standard InChI is InChI=1S/C21H23N9/c1-29-19(17-6-9-23-12-24-17)28-18-20(29)25-13-26-21(18)30-10-7-14(8-11-30)27-16-5-3-2-4-15(16)22/h2-6,9,12-14,27H,7-8,10-11,22H2,1H3. The predicted molar refractivity (Wildman–Crippen MR) is 117 cm³/mol. The van der Waals surface area contributed by atoms with Gasteiger partial charge in [-0.2, -0.15) is 0 Å². The van der Waals surface area contributed by atoms with Crippen molar-refractivity contribution in [2.45, 2.75) is 18.9 Å². The van der Waals surface area contributed by atoms with Crippen molar-refractivity contribution < 1.29 is 0 Å². The topological polar surface area (TPSA) is 111 Å². The third-order valence-corrected chi connectivity index (χ3v) is 5.56. The van der Waals surface area contributed by atoms with Crippen LogP contribution in [-0.4, -0.2) is 48.6 Å². The maximum Gasteiger partial charge on any atom is 0.165 e. The maximum absolute atomic E-state index is 6.07. The molecule has 0 amide bonds. The summed E-state index contributed by atoms with van der Waals surface area (Å²) in [6, 6.07) is 10.1. The second kappa shape index (κ2) is 7.58. The zero-order valence-corrected chi connectivity index (χ0v) is 16.7. The molecule has 1 saturated heterocycles. The van der Waals surface area contributed by atoms with Gasteiger partial charge in [0.1, 0.15) is 18.3 Å². The average molecular weight is 401 g/mol. The summed E-state index contributed by atoms with van der Waals surface area (Å²) in [5, 5.41) is 3.57. The Morgan fingerprint density at radius 3 is 2.63 bits per heavy atom. The zero-order valence-electron chi connectivity index (χ0n) is 16.7. The molecular weight excluding hydrogens is 378 g/mol. The molecule has 4 aromatic rings. The number of imidazole rings is 1. The highest BCUT2D eigenvalue weighted by molar-refractivity contribution is 5.86. The van der Waals surface area contributed by atoms with E-state index in [2.05, 4.69) is 30.2 Å². The van der Waals surface area contributed by atoms with Crippen LogP contribution in [-0.2, 0) is 7.05 Å². The molecule has 0 aliphatic carbocycles. The van der Waals surface area contributed by atoms with E-state index in [0.29, 0.717) is 6.04 Å². The Hall–Kier alpha value is -3.75. The molecule has 0 radical (unpaired) electrons. The van der Waals surface area contributed by atoms with Crippen molar-refractivity contribution >= 4 is 28.4 Å². The second-order valence-electron chi connectivity index (χ2n) is 7.45. The number of rotatable bonds is 4. The predicted octanol–water partition coefficient (Wildman–Crippen LogP) is 2.48. The van der Waals surface area contributed by atoms with E-state index >= 15 is 0 Å². The minimum atomic E-state index is 0.378. The first-order valence-electron chi connectivity index (χ1n) is 10.0. The number of nitrogens with one attached hydrogen (secondary N) is 1. The molecule has 0 bridgehead atoms. The number of aromatic nitrogens is 6. The molecule has 1 aliphatic rings. The smallest absolute Gasteiger partial charge is 0.165 e. The van der Waals surface area contributed by atoms with Crippen LogP contribution in [0, 0.1) is 0 Å². The van der Waals surface area contributed by atoms with Crippen LogP contribution in [0.1, 0.15) is 12.8 Å². The summed E-state index contributed by atoms with van der Waals surface area (Å²) in [4.78, 5) is 24.5. The highest BCUT2D eigenvalue weighted by atomic mass is 15.2. The highest BCUT2D eigenvalue weighted by Crippen LogP contribution is 2.29. The summed E-state index contributed by atoms with van der Waals surface area (Å²) in [6.07, 6.45) is 6.83. The lowest BCUT2D eigenvalue weighted by molar-refractivity contribution is 0.524. The molecule has 9 nitrogen and oxygen atoms in total. The molecule has 4 heterocycles. The van der Waals surface area contributed by atoms with Crippen molar-refractivity contribution in [2.75, 3.05) is 29.0 Å². The van der Waals surface area contributed by atoms with E-state index in [1.54, 1.807) is 12.5 Å². The van der Waals surface area contributed by atoms with Gasteiger partial charge in [0.2, 0.25) is 0 Å². The van der Waals surface area contributed by atoms with Gasteiger partial charge in [0.25, 0.3) is 0 Å². The average Bonchev–Trinajstić information content (AvgIpc) is 3.13. The Labute approximate surface area is 174 Å². The molecule has 1 aromatic carbocycles. The first kappa shape index (κ1) is 18.3. The summed E-state index contributed by atoms with van der Waals surface area (Å²) in [7, 11) is 1.95. The van der Waals surface area contributed by atoms with Crippen LogP contribution < -0.4 is 16.0 Å². The van der Waals surface area contributed by atoms with Crippen LogP contribution in [0.25, 0.3) is 22.7 Å². The number of anilines is 3. The van der Waals surface area contributed by atoms with Crippen molar-refractivity contribution in [3.05, 3.63) is 49.2 Å². The van der Waals surface area contributed by atoms with Gasteiger partial charge in [-0.05, 0) is 31.0 Å². The van der Waals surface area contributed by atoms with Crippen LogP contribution in [0.2, 0.25) is 0 Å². The van der Waals surface area contributed by atoms with Crippen molar-refractivity contribution in [2.24, 2.45) is 7.05 Å². The summed E-state index contributed by atoms with van der Waals surface area (Å²) in [5.41, 5.74) is 10.2. The number of benzene rings is 1. The SMILES string of the molecule is Cn1c(-c2ccncn2)nc2c(N3CCC(Nc4ccccc4N)CC3)ncnc21. The molecule has 1 aliphatic heterocycles. The number of piperidine rings is 1. The molecule has 3 aromatic heterocycles. The van der Waals surface area contributed by atoms with E-state index in [9.17, 15) is 0 Å². The van der Waals surface area contributed by atoms with E-state index in [1.165, 1.54) is 6.33 Å². The van der Waals surface area contributed by atoms with Gasteiger partial charge < -0.3 is 20.5 Å². The lowest BCUT2D eigenvalue weighted by atomic mass is 10.0. The molecule has 5 rings (SSSR count). The van der Waals surface area contributed by atoms with Crippen LogP contribution in [0.3, 0.4) is 0 Å². The third kappa shape index (κ3) is 3.28. The zero-order chi connectivity index (χ0) is 20.5. The number of hydrogen-bond acceptors (Lipinski definition) is 8. The van der Waals surface area contributed by atoms with Gasteiger partial charge >= 0.3 is 0 Å². The monoisotopic (exact) mass is 401 g/mol. The largest absolute Gasteiger partial charge is 0.397 e. The third-order valence-electron chi connectivity index (χ3n) is 5.56. The number of fused-ring (bicyclic) bond motifs is 1. The number of para-hydroxylation sites is 2. The van der Waals surface area contributed by atoms with E-state index in [4.69, 9.17) is 10.7 Å². The van der Waals surface area contributed by atoms with Gasteiger partial charge in [0, 0.05) is 32.4 Å². The molecule has 0 unspecified atom stereocenters. The number of nitrogens with zero attached hydrogens (tertiary/aromatic N) is 7. The lowest BCUT2D eigenvalue weighted by Crippen LogP contribution is -2.39. The van der Waals surface area contributed by atoms with Gasteiger partial charge in [0.15, 0.2) is 22.8 Å². The Morgan fingerprint density at radius 1 is 1.03 bits per heavy atom. The molecule has 0 atom stereocenters. The van der Waals surface area contributed by atoms with Gasteiger partial charge in [-0.1, -0.05) is 12.1 Å². The summed E-state index contributed by atoms with van der Waals surface area (Å²) >= 11 is 0. The van der Waals surface area contributed by atoms with Gasteiger partial charge in [-0.3, -0.25) is 0 Å². The van der Waals surface area contributed by atoms with Gasteiger partial charge in [-0.25, -0.2) is 24.9 Å². The fraction of sp³-hybridized carbons (Fsp3) is 0.286. The van der Waals surface area contributed by atoms with Crippen LogP contribution in [0.15, 0.2) is 49.2 Å². The fourth-order valence-electron chi connectivity index (χ4n) is 3.95. The Kier molecular flexibility index (Phi) is 4.62. The van der Waals surface area contributed by atoms with E-state index in [-0.39, 0.29) is 0 Å². The van der Waals surface area contributed by atoms with Gasteiger partial charge in [0.05, 0.1) is 11.4 Å². The second-order valence-corrected chi connectivity index (χ2v) is 7.45. The van der Waals surface area contributed by atoms with Crippen LogP contribution in [0.5, 0.6) is 0 Å². The van der Waals surface area contributed by atoms with E-state index < -0.39 is 0 Å². The minimum absolute atomic E-state index is 0.378. The van der Waals surface area contributed by atoms with E-state index in [0.717, 1.165) is 65.8 Å². The van der Waals surface area contributed by atoms with E-state index in [1.807, 2.05) is 41.9 Å². The normalized spacial score (nSPS) is 14.9. The number of hydrogen-bond donors (Lipinski definition) is 2. The minimum Gasteiger partial charge on any atom is -0.397 e. The van der Waals surface area contributed by atoms with Crippen molar-refractivity contribution in [1.82, 2.24) is 29.5 Å². The molecule has 9 heteroatoms. The molecule has 30 heavy (non-hydrogen) atoms. The number of nitrogens with two attached hydrogens (primary N) is 1. The number of nitrogen functional groups attached to an aromatic ring is 1. The highest BCUT2D eigenvalue weighted by Gasteiger charge is 2.24. The van der Waals surface area contributed by atoms with Crippen molar-refractivity contribution in [3.63, 3.8) is 0 Å². The Bertz CT molecular complexity index is 1160. The lowest BCUT2D eigenvalue weighted by Gasteiger charge is -2.33. The van der Waals surface area contributed by atoms with Crippen molar-refractivity contribution in [3.8, 4) is 11.5 Å². The summed E-state index contributed by atoms with van der Waals surface area (Å²) < 4.78 is 1.95. The summed E-state index contributed by atoms with van der Waals surface area (Å²) in [6.45, 7) is 1.77. The molecule has 0 spiro atoms. The van der Waals surface area contributed by atoms with Gasteiger partial charge in [-0.15, -0.1) is 0 Å². The summed E-state index contributed by atoms with van der Waals surface area (Å²) in [5.74, 6) is 1.62. The fourth-order valence-corrected chi connectivity index (χ4v) is 3.95. The molecule has 0 saturated carbocycles. The first-order valence-corrected chi connectivity index (χ1v) is 10.0. The van der Waals surface area contributed by atoms with Crippen LogP contribution >= 0.6 is 0 Å². The first-order chi connectivity index (χ1) is 14.7. The Balaban J connectivity index is 1.38. The number of aryl methyl sites for hydroxylation is 1. The molecule has 1 fully saturated rings. The van der Waals surface area contributed by atoms with Crippen LogP contribution in [0.4, 0.5) is 17.2 Å². The maximum atomic E-state index is 6.07. The Morgan fingerprint density at radius 2 is 1.87 bits per heavy atom. The molecular formula is C21H23N9. The molecule has 152 valence electrons. The van der Waals surface area contributed by atoms with Crippen molar-refractivity contribution in [1.29, 1.82) is 0 Å².